The minimum atomic E-state index is 0.465. The van der Waals surface area contributed by atoms with Crippen LogP contribution in [0.2, 0.25) is 5.02 Å². The highest BCUT2D eigenvalue weighted by molar-refractivity contribution is 7.97. The third kappa shape index (κ3) is 6.82. The van der Waals surface area contributed by atoms with Gasteiger partial charge in [-0.25, -0.2) is 4.98 Å². The first-order valence-corrected chi connectivity index (χ1v) is 12.1. The molecule has 1 fully saturated rings. The summed E-state index contributed by atoms with van der Waals surface area (Å²) < 4.78 is 2.04. The molecule has 0 bridgehead atoms. The molecule has 2 heterocycles. The first-order valence-electron chi connectivity index (χ1n) is 11.0. The molecule has 4 rings (SSSR count). The Labute approximate surface area is 205 Å². The molecular formula is C24H30ClN7S. The summed E-state index contributed by atoms with van der Waals surface area (Å²) in [5, 5.41) is 7.10. The van der Waals surface area contributed by atoms with Crippen LogP contribution in [-0.4, -0.2) is 71.4 Å². The maximum atomic E-state index is 6.39. The third-order valence-electron chi connectivity index (χ3n) is 5.38. The van der Waals surface area contributed by atoms with E-state index in [2.05, 4.69) is 67.8 Å². The van der Waals surface area contributed by atoms with Crippen LogP contribution in [-0.2, 0) is 6.54 Å². The van der Waals surface area contributed by atoms with E-state index in [0.29, 0.717) is 16.8 Å². The lowest BCUT2D eigenvalue weighted by molar-refractivity contribution is 0.148. The molecule has 0 spiro atoms. The fourth-order valence-corrected chi connectivity index (χ4v) is 4.46. The van der Waals surface area contributed by atoms with Crippen molar-refractivity contribution in [3.8, 4) is 0 Å². The molecule has 9 heteroatoms. The number of piperazine rings is 1. The van der Waals surface area contributed by atoms with Crippen LogP contribution in [0.1, 0.15) is 5.56 Å². The number of likely N-dealkylation sites (N-methyl/N-ethyl adjacent to an activating group) is 1. The monoisotopic (exact) mass is 483 g/mol. The molecule has 0 amide bonds. The fraction of sp³-hybridized carbons (Fsp3) is 0.333. The summed E-state index contributed by atoms with van der Waals surface area (Å²) in [6.45, 7) is 5.45. The Morgan fingerprint density at radius 1 is 1.00 bits per heavy atom. The number of halogens is 1. The van der Waals surface area contributed by atoms with E-state index in [1.165, 1.54) is 5.56 Å². The van der Waals surface area contributed by atoms with Gasteiger partial charge in [-0.2, -0.15) is 4.98 Å². The van der Waals surface area contributed by atoms with Crippen molar-refractivity contribution in [2.45, 2.75) is 11.4 Å². The summed E-state index contributed by atoms with van der Waals surface area (Å²) >= 11 is 8.02. The lowest BCUT2D eigenvalue weighted by Crippen LogP contribution is -2.43. The maximum Gasteiger partial charge on any atom is 0.229 e. The summed E-state index contributed by atoms with van der Waals surface area (Å²) in [6, 6.07) is 16.5. The van der Waals surface area contributed by atoms with Crippen molar-refractivity contribution >= 4 is 46.7 Å². The maximum absolute atomic E-state index is 6.39. The predicted molar refractivity (Wildman–Crippen MR) is 139 cm³/mol. The van der Waals surface area contributed by atoms with Gasteiger partial charge in [-0.15, -0.1) is 0 Å². The summed E-state index contributed by atoms with van der Waals surface area (Å²) in [6.07, 6.45) is 1.61. The Bertz CT molecular complexity index is 1050. The Kier molecular flexibility index (Phi) is 8.06. The predicted octanol–water partition coefficient (Wildman–Crippen LogP) is 4.93. The molecule has 2 aromatic carbocycles. The normalized spacial score (nSPS) is 15.1. The topological polar surface area (TPSA) is 59.6 Å². The van der Waals surface area contributed by atoms with Gasteiger partial charge in [0, 0.05) is 43.3 Å². The van der Waals surface area contributed by atoms with Crippen molar-refractivity contribution in [3.05, 3.63) is 65.3 Å². The second-order valence-electron chi connectivity index (χ2n) is 8.32. The van der Waals surface area contributed by atoms with Crippen molar-refractivity contribution in [1.29, 1.82) is 0 Å². The molecule has 2 N–H and O–H groups in total. The number of rotatable bonds is 8. The fourth-order valence-electron chi connectivity index (χ4n) is 3.58. The highest BCUT2D eigenvalue weighted by atomic mass is 35.5. The number of benzene rings is 2. The number of nitrogens with zero attached hydrogens (tertiary/aromatic N) is 5. The Morgan fingerprint density at radius 2 is 1.73 bits per heavy atom. The van der Waals surface area contributed by atoms with Gasteiger partial charge in [-0.3, -0.25) is 9.21 Å². The Hall–Kier alpha value is -2.36. The van der Waals surface area contributed by atoms with Crippen LogP contribution in [0.5, 0.6) is 0 Å². The van der Waals surface area contributed by atoms with Gasteiger partial charge in [0.2, 0.25) is 5.95 Å². The Morgan fingerprint density at radius 3 is 2.45 bits per heavy atom. The zero-order valence-electron chi connectivity index (χ0n) is 19.3. The minimum Gasteiger partial charge on any atom is -0.338 e. The van der Waals surface area contributed by atoms with E-state index < -0.39 is 0 Å². The van der Waals surface area contributed by atoms with Crippen LogP contribution in [0.15, 0.2) is 59.6 Å². The molecule has 33 heavy (non-hydrogen) atoms. The lowest BCUT2D eigenvalue weighted by atomic mass is 10.2. The van der Waals surface area contributed by atoms with Crippen LogP contribution in [0.3, 0.4) is 0 Å². The average Bonchev–Trinajstić information content (AvgIpc) is 2.80. The van der Waals surface area contributed by atoms with Crippen LogP contribution in [0.4, 0.5) is 23.1 Å². The summed E-state index contributed by atoms with van der Waals surface area (Å²) in [4.78, 5) is 14.9. The number of para-hydroxylation sites is 1. The van der Waals surface area contributed by atoms with Gasteiger partial charge < -0.3 is 15.5 Å². The smallest absolute Gasteiger partial charge is 0.229 e. The van der Waals surface area contributed by atoms with Gasteiger partial charge in [0.25, 0.3) is 0 Å². The number of anilines is 4. The van der Waals surface area contributed by atoms with Gasteiger partial charge in [0.15, 0.2) is 5.82 Å². The zero-order valence-corrected chi connectivity index (χ0v) is 20.8. The number of hydrogen-bond donors (Lipinski definition) is 2. The van der Waals surface area contributed by atoms with E-state index in [-0.39, 0.29) is 0 Å². The second kappa shape index (κ2) is 11.2. The van der Waals surface area contributed by atoms with Gasteiger partial charge >= 0.3 is 0 Å². The van der Waals surface area contributed by atoms with E-state index in [4.69, 9.17) is 11.6 Å². The van der Waals surface area contributed by atoms with Crippen molar-refractivity contribution in [2.75, 3.05) is 58.0 Å². The number of nitrogens with one attached hydrogen (secondary N) is 2. The standard InChI is InChI=1S/C24H30ClN7S/c1-30(2)33-22-7-5-4-6-21(22)28-23-20(25)16-26-24(29-23)27-19-10-8-18(9-11-19)17-32-14-12-31(3)13-15-32/h4-11,16H,12-15,17H2,1-3H3,(H2,26,27,28,29). The lowest BCUT2D eigenvalue weighted by Gasteiger charge is -2.32. The van der Waals surface area contributed by atoms with Crippen LogP contribution in [0, 0.1) is 0 Å². The highest BCUT2D eigenvalue weighted by Crippen LogP contribution is 2.32. The van der Waals surface area contributed by atoms with E-state index >= 15 is 0 Å². The number of aromatic nitrogens is 2. The number of hydrogen-bond acceptors (Lipinski definition) is 8. The van der Waals surface area contributed by atoms with E-state index in [1.807, 2.05) is 36.6 Å². The molecule has 0 atom stereocenters. The molecule has 0 aliphatic carbocycles. The van der Waals surface area contributed by atoms with E-state index in [1.54, 1.807) is 18.1 Å². The molecule has 0 radical (unpaired) electrons. The van der Waals surface area contributed by atoms with Crippen molar-refractivity contribution in [3.63, 3.8) is 0 Å². The van der Waals surface area contributed by atoms with Crippen molar-refractivity contribution < 1.29 is 0 Å². The summed E-state index contributed by atoms with van der Waals surface area (Å²) in [5.74, 6) is 1.05. The molecule has 3 aromatic rings. The van der Waals surface area contributed by atoms with Crippen LogP contribution in [0.25, 0.3) is 0 Å². The molecule has 7 nitrogen and oxygen atoms in total. The van der Waals surface area contributed by atoms with E-state index in [0.717, 1.165) is 49.0 Å². The minimum absolute atomic E-state index is 0.465. The molecule has 1 aliphatic heterocycles. The first kappa shape index (κ1) is 23.8. The molecular weight excluding hydrogens is 454 g/mol. The van der Waals surface area contributed by atoms with Crippen molar-refractivity contribution in [1.82, 2.24) is 24.1 Å². The summed E-state index contributed by atoms with van der Waals surface area (Å²) in [7, 11) is 6.20. The summed E-state index contributed by atoms with van der Waals surface area (Å²) in [5.41, 5.74) is 3.18. The van der Waals surface area contributed by atoms with E-state index in [9.17, 15) is 0 Å². The third-order valence-corrected chi connectivity index (χ3v) is 6.57. The molecule has 174 valence electrons. The molecule has 0 unspecified atom stereocenters. The average molecular weight is 484 g/mol. The van der Waals surface area contributed by atoms with Crippen LogP contribution >= 0.6 is 23.5 Å². The van der Waals surface area contributed by atoms with Crippen LogP contribution < -0.4 is 10.6 Å². The highest BCUT2D eigenvalue weighted by Gasteiger charge is 2.14. The van der Waals surface area contributed by atoms with Gasteiger partial charge in [0.1, 0.15) is 5.02 Å². The largest absolute Gasteiger partial charge is 0.338 e. The van der Waals surface area contributed by atoms with Gasteiger partial charge in [-0.05, 0) is 62.9 Å². The van der Waals surface area contributed by atoms with Gasteiger partial charge in [0.05, 0.1) is 11.9 Å². The van der Waals surface area contributed by atoms with Gasteiger partial charge in [-0.1, -0.05) is 35.9 Å². The molecule has 1 saturated heterocycles. The zero-order chi connectivity index (χ0) is 23.2. The molecule has 0 saturated carbocycles. The quantitative estimate of drug-likeness (QED) is 0.437. The van der Waals surface area contributed by atoms with Crippen molar-refractivity contribution in [2.24, 2.45) is 0 Å². The molecule has 1 aliphatic rings. The second-order valence-corrected chi connectivity index (χ2v) is 10.1. The molecule has 1 aromatic heterocycles. The SMILES string of the molecule is CN1CCN(Cc2ccc(Nc3ncc(Cl)c(Nc4ccccc4SN(C)C)n3)cc2)CC1. The first-order chi connectivity index (χ1) is 16.0. The Balaban J connectivity index is 1.42.